The van der Waals surface area contributed by atoms with Crippen LogP contribution < -0.4 is 15.0 Å². The molecule has 0 radical (unpaired) electrons. The van der Waals surface area contributed by atoms with Gasteiger partial charge in [0.1, 0.15) is 5.75 Å². The summed E-state index contributed by atoms with van der Waals surface area (Å²) in [5, 5.41) is 2.12. The zero-order chi connectivity index (χ0) is 14.0. The molecule has 8 heteroatoms. The standard InChI is InChI=1S/C11H9F3N2O3/c12-11(13,14)19-8-3-1-7(2-4-8)16-6-5-9(17)15-10(16)18/h1-4H,5-6H2,(H,15,17,18). The van der Waals surface area contributed by atoms with Crippen LogP contribution in [0.3, 0.4) is 0 Å². The van der Waals surface area contributed by atoms with E-state index in [0.29, 0.717) is 5.69 Å². The lowest BCUT2D eigenvalue weighted by molar-refractivity contribution is -0.274. The van der Waals surface area contributed by atoms with Crippen LogP contribution in [0.25, 0.3) is 0 Å². The zero-order valence-corrected chi connectivity index (χ0v) is 9.53. The van der Waals surface area contributed by atoms with E-state index in [2.05, 4.69) is 10.1 Å². The number of halogens is 3. The van der Waals surface area contributed by atoms with Gasteiger partial charge in [0, 0.05) is 18.7 Å². The summed E-state index contributed by atoms with van der Waals surface area (Å²) in [7, 11) is 0. The molecule has 1 aliphatic rings. The van der Waals surface area contributed by atoms with Crippen molar-refractivity contribution in [1.29, 1.82) is 0 Å². The van der Waals surface area contributed by atoms with E-state index in [9.17, 15) is 22.8 Å². The molecule has 0 aromatic heterocycles. The number of hydrogen-bond donors (Lipinski definition) is 1. The predicted octanol–water partition coefficient (Wildman–Crippen LogP) is 2.03. The van der Waals surface area contributed by atoms with Crippen molar-refractivity contribution in [3.8, 4) is 5.75 Å². The van der Waals surface area contributed by atoms with E-state index in [-0.39, 0.29) is 24.6 Å². The summed E-state index contributed by atoms with van der Waals surface area (Å²) in [6, 6.07) is 4.24. The molecule has 2 rings (SSSR count). The largest absolute Gasteiger partial charge is 0.573 e. The van der Waals surface area contributed by atoms with Crippen molar-refractivity contribution >= 4 is 17.6 Å². The van der Waals surface area contributed by atoms with Crippen LogP contribution in [0.5, 0.6) is 5.75 Å². The van der Waals surface area contributed by atoms with Crippen molar-refractivity contribution in [3.63, 3.8) is 0 Å². The van der Waals surface area contributed by atoms with Gasteiger partial charge >= 0.3 is 12.4 Å². The normalized spacial score (nSPS) is 16.3. The molecule has 0 aliphatic carbocycles. The Kier molecular flexibility index (Phi) is 3.32. The summed E-state index contributed by atoms with van der Waals surface area (Å²) in [5.41, 5.74) is 0.388. The minimum absolute atomic E-state index is 0.145. The number of urea groups is 1. The predicted molar refractivity (Wildman–Crippen MR) is 58.6 cm³/mol. The first-order valence-electron chi connectivity index (χ1n) is 5.32. The van der Waals surface area contributed by atoms with Gasteiger partial charge < -0.3 is 4.74 Å². The molecule has 102 valence electrons. The van der Waals surface area contributed by atoms with Crippen LogP contribution in [0, 0.1) is 0 Å². The molecule has 19 heavy (non-hydrogen) atoms. The topological polar surface area (TPSA) is 58.6 Å². The molecule has 1 heterocycles. The fourth-order valence-corrected chi connectivity index (χ4v) is 1.64. The van der Waals surface area contributed by atoms with E-state index in [1.807, 2.05) is 0 Å². The highest BCUT2D eigenvalue weighted by Gasteiger charge is 2.31. The maximum Gasteiger partial charge on any atom is 0.573 e. The van der Waals surface area contributed by atoms with Gasteiger partial charge in [-0.2, -0.15) is 0 Å². The summed E-state index contributed by atoms with van der Waals surface area (Å²) < 4.78 is 39.6. The second-order valence-corrected chi connectivity index (χ2v) is 3.80. The van der Waals surface area contributed by atoms with E-state index < -0.39 is 12.4 Å². The molecule has 1 aromatic rings. The molecule has 0 spiro atoms. The third-order valence-electron chi connectivity index (χ3n) is 2.44. The lowest BCUT2D eigenvalue weighted by atomic mass is 10.2. The first-order valence-corrected chi connectivity index (χ1v) is 5.32. The first kappa shape index (κ1) is 13.2. The van der Waals surface area contributed by atoms with Gasteiger partial charge in [0.15, 0.2) is 0 Å². The number of ether oxygens (including phenoxy) is 1. The van der Waals surface area contributed by atoms with Gasteiger partial charge in [0.05, 0.1) is 0 Å². The van der Waals surface area contributed by atoms with E-state index >= 15 is 0 Å². The van der Waals surface area contributed by atoms with Crippen molar-refractivity contribution in [2.24, 2.45) is 0 Å². The van der Waals surface area contributed by atoms with E-state index in [1.165, 1.54) is 17.0 Å². The molecule has 5 nitrogen and oxygen atoms in total. The van der Waals surface area contributed by atoms with Gasteiger partial charge in [-0.15, -0.1) is 13.2 Å². The Balaban J connectivity index is 2.10. The number of benzene rings is 1. The summed E-state index contributed by atoms with van der Waals surface area (Å²) in [5.74, 6) is -0.747. The van der Waals surface area contributed by atoms with Gasteiger partial charge in [-0.3, -0.25) is 15.0 Å². The van der Waals surface area contributed by atoms with Crippen LogP contribution in [-0.4, -0.2) is 24.8 Å². The molecule has 1 saturated heterocycles. The number of rotatable bonds is 2. The fraction of sp³-hybridized carbons (Fsp3) is 0.273. The quantitative estimate of drug-likeness (QED) is 0.897. The second-order valence-electron chi connectivity index (χ2n) is 3.80. The van der Waals surface area contributed by atoms with E-state index in [4.69, 9.17) is 0 Å². The first-order chi connectivity index (χ1) is 8.85. The van der Waals surface area contributed by atoms with Crippen molar-refractivity contribution in [2.75, 3.05) is 11.4 Å². The molecule has 3 amide bonds. The molecule has 0 bridgehead atoms. The Morgan fingerprint density at radius 2 is 1.79 bits per heavy atom. The molecular weight excluding hydrogens is 265 g/mol. The summed E-state index contributed by atoms with van der Waals surface area (Å²) >= 11 is 0. The zero-order valence-electron chi connectivity index (χ0n) is 9.53. The number of alkyl halides is 3. The monoisotopic (exact) mass is 274 g/mol. The number of carbonyl (C=O) groups excluding carboxylic acids is 2. The Morgan fingerprint density at radius 3 is 2.32 bits per heavy atom. The minimum atomic E-state index is -4.75. The van der Waals surface area contributed by atoms with E-state index in [1.54, 1.807) is 0 Å². The maximum absolute atomic E-state index is 12.0. The minimum Gasteiger partial charge on any atom is -0.406 e. The fourth-order valence-electron chi connectivity index (χ4n) is 1.64. The van der Waals surface area contributed by atoms with E-state index in [0.717, 1.165) is 12.1 Å². The van der Waals surface area contributed by atoms with Crippen LogP contribution in [0.15, 0.2) is 24.3 Å². The maximum atomic E-state index is 12.0. The molecule has 1 aliphatic heterocycles. The van der Waals surface area contributed by atoms with Crippen LogP contribution in [0.4, 0.5) is 23.7 Å². The van der Waals surface area contributed by atoms with Crippen molar-refractivity contribution in [1.82, 2.24) is 5.32 Å². The average Bonchev–Trinajstić information content (AvgIpc) is 2.28. The smallest absolute Gasteiger partial charge is 0.406 e. The van der Waals surface area contributed by atoms with Crippen LogP contribution in [0.1, 0.15) is 6.42 Å². The molecular formula is C11H9F3N2O3. The Hall–Kier alpha value is -2.25. The second kappa shape index (κ2) is 4.79. The highest BCUT2D eigenvalue weighted by molar-refractivity contribution is 6.05. The molecule has 1 N–H and O–H groups in total. The SMILES string of the molecule is O=C1CCN(c2ccc(OC(F)(F)F)cc2)C(=O)N1. The Bertz CT molecular complexity index is 499. The number of anilines is 1. The summed E-state index contributed by atoms with van der Waals surface area (Å²) in [6.07, 6.45) is -4.61. The summed E-state index contributed by atoms with van der Waals surface area (Å²) in [6.45, 7) is 0.185. The van der Waals surface area contributed by atoms with Gasteiger partial charge in [-0.1, -0.05) is 0 Å². The van der Waals surface area contributed by atoms with Gasteiger partial charge in [0.25, 0.3) is 0 Å². The highest BCUT2D eigenvalue weighted by Crippen LogP contribution is 2.25. The average molecular weight is 274 g/mol. The Morgan fingerprint density at radius 1 is 1.16 bits per heavy atom. The van der Waals surface area contributed by atoms with Crippen LogP contribution in [-0.2, 0) is 4.79 Å². The lowest BCUT2D eigenvalue weighted by Gasteiger charge is -2.26. The lowest BCUT2D eigenvalue weighted by Crippen LogP contribution is -2.49. The van der Waals surface area contributed by atoms with Gasteiger partial charge in [-0.25, -0.2) is 4.79 Å². The number of nitrogens with zero attached hydrogens (tertiary/aromatic N) is 1. The number of hydrogen-bond acceptors (Lipinski definition) is 3. The number of imide groups is 1. The number of nitrogens with one attached hydrogen (secondary N) is 1. The molecule has 0 saturated carbocycles. The van der Waals surface area contributed by atoms with Crippen molar-refractivity contribution in [2.45, 2.75) is 12.8 Å². The van der Waals surface area contributed by atoms with Crippen molar-refractivity contribution < 1.29 is 27.5 Å². The van der Waals surface area contributed by atoms with Crippen molar-refractivity contribution in [3.05, 3.63) is 24.3 Å². The number of amides is 3. The molecule has 1 fully saturated rings. The van der Waals surface area contributed by atoms with Gasteiger partial charge in [-0.05, 0) is 24.3 Å². The molecule has 0 unspecified atom stereocenters. The Labute approximate surface area is 105 Å². The third kappa shape index (κ3) is 3.36. The van der Waals surface area contributed by atoms with Crippen LogP contribution >= 0.6 is 0 Å². The summed E-state index contributed by atoms with van der Waals surface area (Å²) in [4.78, 5) is 23.7. The van der Waals surface area contributed by atoms with Crippen LogP contribution in [0.2, 0.25) is 0 Å². The molecule has 1 aromatic carbocycles. The highest BCUT2D eigenvalue weighted by atomic mass is 19.4. The third-order valence-corrected chi connectivity index (χ3v) is 2.44. The van der Waals surface area contributed by atoms with Gasteiger partial charge in [0.2, 0.25) is 5.91 Å². The number of carbonyl (C=O) groups is 2. The molecule has 0 atom stereocenters.